The highest BCUT2D eigenvalue weighted by molar-refractivity contribution is 6.02. The first kappa shape index (κ1) is 10.9. The largest absolute Gasteiger partial charge is 0.399 e. The minimum atomic E-state index is 0.00409. The van der Waals surface area contributed by atoms with E-state index in [1.54, 1.807) is 12.2 Å². The van der Waals surface area contributed by atoms with Gasteiger partial charge in [-0.25, -0.2) is 0 Å². The standard InChI is InChI=1S/C14H17NO/c1-14(2,3)13-8-11(16)7-9-6-10(15)4-5-12(9)13/h4-8,12H,15H2,1-3H3. The number of fused-ring (bicyclic) bond motifs is 1. The number of carbonyl (C=O) groups is 1. The maximum Gasteiger partial charge on any atom is 0.178 e. The van der Waals surface area contributed by atoms with Crippen molar-refractivity contribution in [3.8, 4) is 0 Å². The fourth-order valence-corrected chi connectivity index (χ4v) is 2.20. The van der Waals surface area contributed by atoms with Gasteiger partial charge in [-0.1, -0.05) is 26.8 Å². The number of hydrogen-bond acceptors (Lipinski definition) is 2. The molecule has 16 heavy (non-hydrogen) atoms. The van der Waals surface area contributed by atoms with Crippen LogP contribution in [0.1, 0.15) is 20.8 Å². The Bertz CT molecular complexity index is 456. The Morgan fingerprint density at radius 3 is 2.50 bits per heavy atom. The van der Waals surface area contributed by atoms with Crippen molar-refractivity contribution in [1.82, 2.24) is 0 Å². The Morgan fingerprint density at radius 1 is 1.19 bits per heavy atom. The van der Waals surface area contributed by atoms with E-state index in [0.29, 0.717) is 5.70 Å². The number of rotatable bonds is 0. The molecule has 1 unspecified atom stereocenters. The Morgan fingerprint density at radius 2 is 1.88 bits per heavy atom. The lowest BCUT2D eigenvalue weighted by atomic mass is 9.71. The summed E-state index contributed by atoms with van der Waals surface area (Å²) in [4.78, 5) is 11.6. The quantitative estimate of drug-likeness (QED) is 0.674. The van der Waals surface area contributed by atoms with Gasteiger partial charge in [-0.2, -0.15) is 0 Å². The number of allylic oxidation sites excluding steroid dienone is 7. The van der Waals surface area contributed by atoms with Crippen molar-refractivity contribution < 1.29 is 4.79 Å². The van der Waals surface area contributed by atoms with Crippen LogP contribution >= 0.6 is 0 Å². The maximum absolute atomic E-state index is 11.6. The van der Waals surface area contributed by atoms with Gasteiger partial charge in [-0.05, 0) is 40.9 Å². The van der Waals surface area contributed by atoms with Crippen LogP contribution in [0.15, 0.2) is 47.2 Å². The van der Waals surface area contributed by atoms with E-state index in [-0.39, 0.29) is 17.1 Å². The van der Waals surface area contributed by atoms with Crippen LogP contribution in [0.4, 0.5) is 0 Å². The van der Waals surface area contributed by atoms with Crippen molar-refractivity contribution in [2.24, 2.45) is 17.1 Å². The highest BCUT2D eigenvalue weighted by Gasteiger charge is 2.30. The second-order valence-electron chi connectivity index (χ2n) is 5.38. The molecule has 0 radical (unpaired) electrons. The monoisotopic (exact) mass is 215 g/mol. The molecular formula is C14H17NO. The predicted molar refractivity (Wildman–Crippen MR) is 65.5 cm³/mol. The van der Waals surface area contributed by atoms with E-state index >= 15 is 0 Å². The van der Waals surface area contributed by atoms with Gasteiger partial charge in [-0.3, -0.25) is 4.79 Å². The van der Waals surface area contributed by atoms with Crippen molar-refractivity contribution in [3.63, 3.8) is 0 Å². The van der Waals surface area contributed by atoms with Crippen LogP contribution in [0.5, 0.6) is 0 Å². The summed E-state index contributed by atoms with van der Waals surface area (Å²) in [5, 5.41) is 0. The van der Waals surface area contributed by atoms with Crippen LogP contribution in [0, 0.1) is 11.3 Å². The van der Waals surface area contributed by atoms with E-state index in [0.717, 1.165) is 11.1 Å². The summed E-state index contributed by atoms with van der Waals surface area (Å²) in [7, 11) is 0. The molecule has 2 aliphatic carbocycles. The molecule has 2 rings (SSSR count). The van der Waals surface area contributed by atoms with Crippen molar-refractivity contribution in [3.05, 3.63) is 47.2 Å². The highest BCUT2D eigenvalue weighted by Crippen LogP contribution is 2.40. The Hall–Kier alpha value is -1.57. The first-order valence-electron chi connectivity index (χ1n) is 5.51. The molecule has 0 aromatic heterocycles. The zero-order chi connectivity index (χ0) is 11.9. The van der Waals surface area contributed by atoms with Gasteiger partial charge in [0.2, 0.25) is 0 Å². The minimum Gasteiger partial charge on any atom is -0.399 e. The Labute approximate surface area is 96.2 Å². The number of ketones is 1. The second-order valence-corrected chi connectivity index (χ2v) is 5.38. The third-order valence-corrected chi connectivity index (χ3v) is 2.98. The van der Waals surface area contributed by atoms with E-state index in [1.807, 2.05) is 12.2 Å². The Balaban J connectivity index is 2.46. The molecule has 0 heterocycles. The topological polar surface area (TPSA) is 43.1 Å². The molecule has 0 saturated heterocycles. The van der Waals surface area contributed by atoms with Crippen molar-refractivity contribution >= 4 is 5.78 Å². The average Bonchev–Trinajstić information content (AvgIpc) is 2.14. The summed E-state index contributed by atoms with van der Waals surface area (Å²) < 4.78 is 0. The van der Waals surface area contributed by atoms with E-state index < -0.39 is 0 Å². The van der Waals surface area contributed by atoms with Gasteiger partial charge in [0, 0.05) is 11.6 Å². The summed E-state index contributed by atoms with van der Waals surface area (Å²) in [5.74, 6) is 0.278. The molecule has 0 aromatic rings. The van der Waals surface area contributed by atoms with Gasteiger partial charge in [0.05, 0.1) is 0 Å². The van der Waals surface area contributed by atoms with Crippen LogP contribution in [0.2, 0.25) is 0 Å². The second kappa shape index (κ2) is 3.48. The van der Waals surface area contributed by atoms with E-state index in [1.165, 1.54) is 0 Å². The average molecular weight is 215 g/mol. The van der Waals surface area contributed by atoms with Crippen LogP contribution in [-0.2, 0) is 4.79 Å². The van der Waals surface area contributed by atoms with Gasteiger partial charge in [0.25, 0.3) is 0 Å². The normalized spacial score (nSPS) is 24.6. The molecule has 0 aliphatic heterocycles. The molecule has 0 aromatic carbocycles. The summed E-state index contributed by atoms with van der Waals surface area (Å²) in [6.45, 7) is 6.39. The third-order valence-electron chi connectivity index (χ3n) is 2.98. The molecule has 0 saturated carbocycles. The first-order chi connectivity index (χ1) is 7.38. The van der Waals surface area contributed by atoms with Crippen molar-refractivity contribution in [2.45, 2.75) is 20.8 Å². The molecule has 2 heteroatoms. The number of nitrogens with two attached hydrogens (primary N) is 1. The zero-order valence-electron chi connectivity index (χ0n) is 9.95. The molecule has 84 valence electrons. The van der Waals surface area contributed by atoms with Crippen LogP contribution in [0.25, 0.3) is 0 Å². The first-order valence-corrected chi connectivity index (χ1v) is 5.51. The lowest BCUT2D eigenvalue weighted by Gasteiger charge is -2.33. The van der Waals surface area contributed by atoms with Crippen LogP contribution < -0.4 is 5.73 Å². The minimum absolute atomic E-state index is 0.00409. The smallest absolute Gasteiger partial charge is 0.178 e. The summed E-state index contributed by atoms with van der Waals surface area (Å²) in [6, 6.07) is 0. The molecule has 0 spiro atoms. The van der Waals surface area contributed by atoms with Crippen LogP contribution in [0.3, 0.4) is 0 Å². The van der Waals surface area contributed by atoms with Gasteiger partial charge in [-0.15, -0.1) is 0 Å². The van der Waals surface area contributed by atoms with E-state index in [2.05, 4.69) is 26.8 Å². The van der Waals surface area contributed by atoms with Crippen molar-refractivity contribution in [2.75, 3.05) is 0 Å². The van der Waals surface area contributed by atoms with Gasteiger partial charge in [0.1, 0.15) is 0 Å². The maximum atomic E-state index is 11.6. The molecule has 1 atom stereocenters. The lowest BCUT2D eigenvalue weighted by molar-refractivity contribution is -0.110. The lowest BCUT2D eigenvalue weighted by Crippen LogP contribution is -2.24. The summed E-state index contributed by atoms with van der Waals surface area (Å²) in [6.07, 6.45) is 9.31. The Kier molecular flexibility index (Phi) is 2.38. The fraction of sp³-hybridized carbons (Fsp3) is 0.357. The predicted octanol–water partition coefficient (Wildman–Crippen LogP) is 2.50. The molecule has 2 nitrogen and oxygen atoms in total. The molecule has 2 aliphatic rings. The van der Waals surface area contributed by atoms with Gasteiger partial charge < -0.3 is 5.73 Å². The summed E-state index contributed by atoms with van der Waals surface area (Å²) in [5.41, 5.74) is 8.64. The van der Waals surface area contributed by atoms with Gasteiger partial charge >= 0.3 is 0 Å². The molecule has 0 bridgehead atoms. The molecular weight excluding hydrogens is 198 g/mol. The third kappa shape index (κ3) is 1.87. The fourth-order valence-electron chi connectivity index (χ4n) is 2.20. The highest BCUT2D eigenvalue weighted by atomic mass is 16.1. The van der Waals surface area contributed by atoms with Gasteiger partial charge in [0.15, 0.2) is 5.78 Å². The number of carbonyl (C=O) groups excluding carboxylic acids is 1. The molecule has 2 N–H and O–H groups in total. The number of hydrogen-bond donors (Lipinski definition) is 1. The van der Waals surface area contributed by atoms with Crippen molar-refractivity contribution in [1.29, 1.82) is 0 Å². The van der Waals surface area contributed by atoms with Crippen LogP contribution in [-0.4, -0.2) is 5.78 Å². The molecule has 0 amide bonds. The van der Waals surface area contributed by atoms with E-state index in [9.17, 15) is 4.79 Å². The zero-order valence-corrected chi connectivity index (χ0v) is 9.95. The van der Waals surface area contributed by atoms with E-state index in [4.69, 9.17) is 5.73 Å². The molecule has 0 fully saturated rings. The summed E-state index contributed by atoms with van der Waals surface area (Å²) >= 11 is 0. The SMILES string of the molecule is CC(C)(C)C1=CC(=O)C=C2C=C(N)C=CC21.